The highest BCUT2D eigenvalue weighted by Gasteiger charge is 2.09. The SMILES string of the molecule is CC(C)CNc1ncc(C(=O)Nc2cc(Cl)cc(Cl)c2)cn1. The van der Waals surface area contributed by atoms with Crippen molar-refractivity contribution in [3.8, 4) is 0 Å². The van der Waals surface area contributed by atoms with Gasteiger partial charge in [0.05, 0.1) is 5.56 Å². The van der Waals surface area contributed by atoms with E-state index in [0.717, 1.165) is 6.54 Å². The van der Waals surface area contributed by atoms with E-state index in [1.807, 2.05) is 0 Å². The Morgan fingerprint density at radius 2 is 1.73 bits per heavy atom. The molecule has 5 nitrogen and oxygen atoms in total. The molecule has 0 aliphatic rings. The number of amides is 1. The average Bonchev–Trinajstić information content (AvgIpc) is 2.44. The van der Waals surface area contributed by atoms with Crippen LogP contribution in [-0.2, 0) is 0 Å². The number of hydrogen-bond acceptors (Lipinski definition) is 4. The van der Waals surface area contributed by atoms with Gasteiger partial charge in [0.15, 0.2) is 0 Å². The molecule has 2 N–H and O–H groups in total. The lowest BCUT2D eigenvalue weighted by Gasteiger charge is -2.08. The molecule has 1 heterocycles. The molecule has 116 valence electrons. The zero-order chi connectivity index (χ0) is 16.1. The quantitative estimate of drug-likeness (QED) is 0.860. The van der Waals surface area contributed by atoms with Crippen molar-refractivity contribution in [1.29, 1.82) is 0 Å². The molecule has 22 heavy (non-hydrogen) atoms. The third-order valence-corrected chi connectivity index (χ3v) is 3.14. The van der Waals surface area contributed by atoms with Gasteiger partial charge in [0.2, 0.25) is 5.95 Å². The number of rotatable bonds is 5. The fraction of sp³-hybridized carbons (Fsp3) is 0.267. The van der Waals surface area contributed by atoms with Gasteiger partial charge in [0.25, 0.3) is 5.91 Å². The maximum Gasteiger partial charge on any atom is 0.258 e. The summed E-state index contributed by atoms with van der Waals surface area (Å²) in [5, 5.41) is 6.69. The van der Waals surface area contributed by atoms with E-state index in [0.29, 0.717) is 33.2 Å². The molecular formula is C15H16Cl2N4O. The predicted octanol–water partition coefficient (Wildman–Crippen LogP) is 4.10. The van der Waals surface area contributed by atoms with Crippen molar-refractivity contribution in [2.45, 2.75) is 13.8 Å². The zero-order valence-electron chi connectivity index (χ0n) is 12.2. The largest absolute Gasteiger partial charge is 0.354 e. The van der Waals surface area contributed by atoms with Gasteiger partial charge in [0.1, 0.15) is 0 Å². The number of halogens is 2. The second kappa shape index (κ2) is 7.42. The van der Waals surface area contributed by atoms with E-state index in [4.69, 9.17) is 23.2 Å². The minimum Gasteiger partial charge on any atom is -0.354 e. The first kappa shape index (κ1) is 16.5. The van der Waals surface area contributed by atoms with Crippen LogP contribution in [-0.4, -0.2) is 22.4 Å². The highest BCUT2D eigenvalue weighted by atomic mass is 35.5. The van der Waals surface area contributed by atoms with Crippen LogP contribution >= 0.6 is 23.2 Å². The van der Waals surface area contributed by atoms with Gasteiger partial charge in [0, 0.05) is 34.7 Å². The summed E-state index contributed by atoms with van der Waals surface area (Å²) in [6.07, 6.45) is 2.94. The fourth-order valence-corrected chi connectivity index (χ4v) is 2.19. The van der Waals surface area contributed by atoms with E-state index >= 15 is 0 Å². The summed E-state index contributed by atoms with van der Waals surface area (Å²) in [7, 11) is 0. The van der Waals surface area contributed by atoms with Gasteiger partial charge in [-0.3, -0.25) is 4.79 Å². The summed E-state index contributed by atoms with van der Waals surface area (Å²) in [5.41, 5.74) is 0.871. The van der Waals surface area contributed by atoms with Crippen LogP contribution in [0.25, 0.3) is 0 Å². The van der Waals surface area contributed by atoms with Gasteiger partial charge in [-0.25, -0.2) is 9.97 Å². The molecule has 0 aliphatic heterocycles. The normalized spacial score (nSPS) is 10.6. The van der Waals surface area contributed by atoms with E-state index in [9.17, 15) is 4.79 Å². The molecule has 0 fully saturated rings. The van der Waals surface area contributed by atoms with Crippen LogP contribution < -0.4 is 10.6 Å². The third-order valence-electron chi connectivity index (χ3n) is 2.70. The Bertz CT molecular complexity index is 639. The molecular weight excluding hydrogens is 323 g/mol. The lowest BCUT2D eigenvalue weighted by atomic mass is 10.2. The fourth-order valence-electron chi connectivity index (χ4n) is 1.66. The summed E-state index contributed by atoms with van der Waals surface area (Å²) in [5.74, 6) is 0.656. The standard InChI is InChI=1S/C15H16Cl2N4O/c1-9(2)6-18-15-19-7-10(8-20-15)14(22)21-13-4-11(16)3-12(17)5-13/h3-5,7-9H,6H2,1-2H3,(H,21,22)(H,18,19,20). The van der Waals surface area contributed by atoms with Crippen LogP contribution in [0.5, 0.6) is 0 Å². The van der Waals surface area contributed by atoms with Gasteiger partial charge >= 0.3 is 0 Å². The minimum atomic E-state index is -0.325. The highest BCUT2D eigenvalue weighted by molar-refractivity contribution is 6.35. The molecule has 2 rings (SSSR count). The molecule has 0 saturated carbocycles. The highest BCUT2D eigenvalue weighted by Crippen LogP contribution is 2.22. The van der Waals surface area contributed by atoms with E-state index in [1.54, 1.807) is 18.2 Å². The van der Waals surface area contributed by atoms with Crippen LogP contribution in [0.1, 0.15) is 24.2 Å². The maximum absolute atomic E-state index is 12.1. The summed E-state index contributed by atoms with van der Waals surface area (Å²) in [6.45, 7) is 4.95. The van der Waals surface area contributed by atoms with Gasteiger partial charge < -0.3 is 10.6 Å². The minimum absolute atomic E-state index is 0.325. The smallest absolute Gasteiger partial charge is 0.258 e. The average molecular weight is 339 g/mol. The number of aromatic nitrogens is 2. The lowest BCUT2D eigenvalue weighted by molar-refractivity contribution is 0.102. The topological polar surface area (TPSA) is 66.9 Å². The van der Waals surface area contributed by atoms with E-state index in [-0.39, 0.29) is 5.91 Å². The molecule has 0 unspecified atom stereocenters. The Morgan fingerprint density at radius 3 is 2.27 bits per heavy atom. The molecule has 1 aromatic carbocycles. The molecule has 2 aromatic rings. The monoisotopic (exact) mass is 338 g/mol. The second-order valence-electron chi connectivity index (χ2n) is 5.18. The first-order valence-corrected chi connectivity index (χ1v) is 7.53. The van der Waals surface area contributed by atoms with Crippen LogP contribution in [0.3, 0.4) is 0 Å². The number of carbonyl (C=O) groups is 1. The number of carbonyl (C=O) groups excluding carboxylic acids is 1. The van der Waals surface area contributed by atoms with Crippen LogP contribution in [0, 0.1) is 5.92 Å². The van der Waals surface area contributed by atoms with Crippen molar-refractivity contribution in [2.24, 2.45) is 5.92 Å². The van der Waals surface area contributed by atoms with Crippen LogP contribution in [0.15, 0.2) is 30.6 Å². The first-order valence-electron chi connectivity index (χ1n) is 6.77. The second-order valence-corrected chi connectivity index (χ2v) is 6.06. The summed E-state index contributed by atoms with van der Waals surface area (Å²) < 4.78 is 0. The van der Waals surface area contributed by atoms with Crippen molar-refractivity contribution in [3.63, 3.8) is 0 Å². The van der Waals surface area contributed by atoms with Gasteiger partial charge in [-0.05, 0) is 24.1 Å². The van der Waals surface area contributed by atoms with E-state index in [2.05, 4.69) is 34.4 Å². The van der Waals surface area contributed by atoms with Crippen LogP contribution in [0.4, 0.5) is 11.6 Å². The molecule has 0 saturated heterocycles. The Balaban J connectivity index is 2.03. The molecule has 1 aromatic heterocycles. The first-order chi connectivity index (χ1) is 10.4. The molecule has 0 atom stereocenters. The van der Waals surface area contributed by atoms with Crippen LogP contribution in [0.2, 0.25) is 10.0 Å². The number of hydrogen-bond donors (Lipinski definition) is 2. The number of nitrogens with one attached hydrogen (secondary N) is 2. The molecule has 7 heteroatoms. The molecule has 0 aliphatic carbocycles. The van der Waals surface area contributed by atoms with Crippen molar-refractivity contribution >= 4 is 40.7 Å². The zero-order valence-corrected chi connectivity index (χ0v) is 13.7. The van der Waals surface area contributed by atoms with Gasteiger partial charge in [-0.2, -0.15) is 0 Å². The predicted molar refractivity (Wildman–Crippen MR) is 89.8 cm³/mol. The number of nitrogens with zero attached hydrogens (tertiary/aromatic N) is 2. The van der Waals surface area contributed by atoms with E-state index in [1.165, 1.54) is 12.4 Å². The Kier molecular flexibility index (Phi) is 5.57. The summed E-state index contributed by atoms with van der Waals surface area (Å²) >= 11 is 11.8. The molecule has 0 radical (unpaired) electrons. The Labute approximate surface area is 139 Å². The lowest BCUT2D eigenvalue weighted by Crippen LogP contribution is -2.14. The Morgan fingerprint density at radius 1 is 1.14 bits per heavy atom. The summed E-state index contributed by atoms with van der Waals surface area (Å²) in [6, 6.07) is 4.83. The van der Waals surface area contributed by atoms with Gasteiger partial charge in [-0.1, -0.05) is 37.0 Å². The number of benzene rings is 1. The van der Waals surface area contributed by atoms with E-state index < -0.39 is 0 Å². The summed E-state index contributed by atoms with van der Waals surface area (Å²) in [4.78, 5) is 20.3. The Hall–Kier alpha value is -1.85. The van der Waals surface area contributed by atoms with Gasteiger partial charge in [-0.15, -0.1) is 0 Å². The van der Waals surface area contributed by atoms with Crippen molar-refractivity contribution < 1.29 is 4.79 Å². The molecule has 0 spiro atoms. The molecule has 1 amide bonds. The molecule has 0 bridgehead atoms. The maximum atomic E-state index is 12.1. The third kappa shape index (κ3) is 4.86. The van der Waals surface area contributed by atoms with Crippen molar-refractivity contribution in [2.75, 3.05) is 17.2 Å². The van der Waals surface area contributed by atoms with Crippen molar-refractivity contribution in [3.05, 3.63) is 46.2 Å². The number of anilines is 2. The van der Waals surface area contributed by atoms with Crippen molar-refractivity contribution in [1.82, 2.24) is 9.97 Å².